The van der Waals surface area contributed by atoms with Gasteiger partial charge in [-0.25, -0.2) is 4.67 Å². The molecule has 4 heteroatoms. The zero-order valence-electron chi connectivity index (χ0n) is 11.1. The Bertz CT molecular complexity index is 185. The molecule has 3 nitrogen and oxygen atoms in total. The van der Waals surface area contributed by atoms with Crippen LogP contribution in [0.5, 0.6) is 0 Å². The highest BCUT2D eigenvalue weighted by molar-refractivity contribution is 7.47. The monoisotopic (exact) mass is 246 g/mol. The summed E-state index contributed by atoms with van der Waals surface area (Å²) in [4.78, 5) is 0. The van der Waals surface area contributed by atoms with Crippen molar-refractivity contribution in [1.29, 1.82) is 0 Å². The molecule has 0 spiro atoms. The molecule has 1 aliphatic carbocycles. The Labute approximate surface area is 102 Å². The van der Waals surface area contributed by atoms with Crippen molar-refractivity contribution in [2.24, 2.45) is 5.50 Å². The fourth-order valence-electron chi connectivity index (χ4n) is 2.43. The molecule has 1 saturated carbocycles. The Morgan fingerprint density at radius 2 is 1.56 bits per heavy atom. The number of nitrogens with two attached hydrogens (primary N) is 1. The first kappa shape index (κ1) is 14.4. The van der Waals surface area contributed by atoms with Gasteiger partial charge in [0.25, 0.3) is 0 Å². The summed E-state index contributed by atoms with van der Waals surface area (Å²) < 4.78 is 8.34. The van der Waals surface area contributed by atoms with Crippen LogP contribution < -0.4 is 5.50 Å². The number of hydrogen-bond acceptors (Lipinski definition) is 3. The molecule has 16 heavy (non-hydrogen) atoms. The van der Waals surface area contributed by atoms with Gasteiger partial charge in [0.15, 0.2) is 8.45 Å². The van der Waals surface area contributed by atoms with E-state index in [1.54, 1.807) is 0 Å². The maximum Gasteiger partial charge on any atom is 0.182 e. The van der Waals surface area contributed by atoms with Crippen molar-refractivity contribution in [2.75, 3.05) is 0 Å². The molecular weight excluding hydrogens is 219 g/mol. The van der Waals surface area contributed by atoms with Gasteiger partial charge in [-0.2, -0.15) is 0 Å². The average Bonchev–Trinajstić information content (AvgIpc) is 2.17. The van der Waals surface area contributed by atoms with E-state index >= 15 is 0 Å². The lowest BCUT2D eigenvalue weighted by Gasteiger charge is -2.36. The molecule has 96 valence electrons. The molecule has 1 atom stereocenters. The minimum atomic E-state index is -0.912. The Morgan fingerprint density at radius 3 is 2.00 bits per heavy atom. The Balaban J connectivity index is 2.44. The molecule has 1 fully saturated rings. The average molecular weight is 246 g/mol. The van der Waals surface area contributed by atoms with Crippen molar-refractivity contribution in [1.82, 2.24) is 4.67 Å². The third-order valence-electron chi connectivity index (χ3n) is 3.10. The van der Waals surface area contributed by atoms with Crippen LogP contribution in [0.2, 0.25) is 0 Å². The second kappa shape index (κ2) is 6.90. The van der Waals surface area contributed by atoms with E-state index in [2.05, 4.69) is 32.4 Å². The van der Waals surface area contributed by atoms with Crippen molar-refractivity contribution in [3.63, 3.8) is 0 Å². The van der Waals surface area contributed by atoms with E-state index in [1.807, 2.05) is 0 Å². The smallest absolute Gasteiger partial charge is 0.182 e. The summed E-state index contributed by atoms with van der Waals surface area (Å²) >= 11 is 0. The van der Waals surface area contributed by atoms with Crippen LogP contribution in [-0.4, -0.2) is 22.9 Å². The first-order chi connectivity index (χ1) is 7.52. The molecule has 0 aromatic rings. The summed E-state index contributed by atoms with van der Waals surface area (Å²) in [6.45, 7) is 8.75. The molecule has 1 rings (SSSR count). The minimum absolute atomic E-state index is 0.407. The second-order valence-electron chi connectivity index (χ2n) is 5.24. The molecule has 2 N–H and O–H groups in total. The summed E-state index contributed by atoms with van der Waals surface area (Å²) in [5, 5.41) is 0. The van der Waals surface area contributed by atoms with Crippen LogP contribution >= 0.6 is 8.45 Å². The topological polar surface area (TPSA) is 38.5 Å². The van der Waals surface area contributed by atoms with E-state index in [0.717, 1.165) is 0 Å². The van der Waals surface area contributed by atoms with Crippen molar-refractivity contribution in [2.45, 2.75) is 78.0 Å². The normalized spacial score (nSPS) is 21.0. The van der Waals surface area contributed by atoms with E-state index in [1.165, 1.54) is 32.1 Å². The molecule has 0 amide bonds. The molecule has 0 aliphatic heterocycles. The first-order valence-corrected chi connectivity index (χ1v) is 7.80. The van der Waals surface area contributed by atoms with E-state index in [0.29, 0.717) is 18.2 Å². The molecule has 0 aromatic heterocycles. The van der Waals surface area contributed by atoms with Gasteiger partial charge in [0.1, 0.15) is 0 Å². The maximum atomic E-state index is 6.22. The highest BCUT2D eigenvalue weighted by atomic mass is 31.2. The standard InChI is InChI=1S/C12H27N2OP/c1-10(2)14(11(3)4)16(13)15-12-8-6-5-7-9-12/h10-12H,5-9,13H2,1-4H3. The summed E-state index contributed by atoms with van der Waals surface area (Å²) in [5.41, 5.74) is 6.22. The van der Waals surface area contributed by atoms with Crippen molar-refractivity contribution >= 4 is 8.45 Å². The number of hydrogen-bond donors (Lipinski definition) is 1. The second-order valence-corrected chi connectivity index (χ2v) is 6.51. The van der Waals surface area contributed by atoms with Crippen molar-refractivity contribution in [3.8, 4) is 0 Å². The lowest BCUT2D eigenvalue weighted by Crippen LogP contribution is -2.36. The largest absolute Gasteiger partial charge is 0.328 e. The van der Waals surface area contributed by atoms with E-state index < -0.39 is 8.45 Å². The predicted octanol–water partition coefficient (Wildman–Crippen LogP) is 3.64. The first-order valence-electron chi connectivity index (χ1n) is 6.52. The van der Waals surface area contributed by atoms with Gasteiger partial charge in [-0.15, -0.1) is 0 Å². The van der Waals surface area contributed by atoms with E-state index in [-0.39, 0.29) is 0 Å². The molecule has 0 heterocycles. The van der Waals surface area contributed by atoms with Gasteiger partial charge in [-0.3, -0.25) is 5.50 Å². The molecule has 0 bridgehead atoms. The van der Waals surface area contributed by atoms with Gasteiger partial charge in [0.2, 0.25) is 0 Å². The molecule has 0 aromatic carbocycles. The fraction of sp³-hybridized carbons (Fsp3) is 1.00. The van der Waals surface area contributed by atoms with Gasteiger partial charge in [0.05, 0.1) is 6.10 Å². The lowest BCUT2D eigenvalue weighted by molar-refractivity contribution is 0.148. The number of nitrogens with zero attached hydrogens (tertiary/aromatic N) is 1. The molecule has 1 unspecified atom stereocenters. The van der Waals surface area contributed by atoms with Gasteiger partial charge in [-0.05, 0) is 40.5 Å². The molecule has 0 saturated heterocycles. The molecule has 1 aliphatic rings. The van der Waals surface area contributed by atoms with Crippen LogP contribution in [0.4, 0.5) is 0 Å². The highest BCUT2D eigenvalue weighted by Gasteiger charge is 2.25. The van der Waals surface area contributed by atoms with Crippen LogP contribution in [0.1, 0.15) is 59.8 Å². The van der Waals surface area contributed by atoms with Crippen LogP contribution in [-0.2, 0) is 4.52 Å². The van der Waals surface area contributed by atoms with Crippen molar-refractivity contribution in [3.05, 3.63) is 0 Å². The Kier molecular flexibility index (Phi) is 6.20. The number of rotatable bonds is 5. The molecular formula is C12H27N2OP. The predicted molar refractivity (Wildman–Crippen MR) is 71.2 cm³/mol. The maximum absolute atomic E-state index is 6.22. The van der Waals surface area contributed by atoms with Crippen LogP contribution in [0.25, 0.3) is 0 Å². The van der Waals surface area contributed by atoms with Crippen LogP contribution in [0.3, 0.4) is 0 Å². The summed E-state index contributed by atoms with van der Waals surface area (Å²) in [6, 6.07) is 0.916. The Hall–Kier alpha value is 0.310. The lowest BCUT2D eigenvalue weighted by atomic mass is 9.98. The SMILES string of the molecule is CC(C)N(C(C)C)P(N)OC1CCCCC1. The van der Waals surface area contributed by atoms with Crippen molar-refractivity contribution < 1.29 is 4.52 Å². The van der Waals surface area contributed by atoms with E-state index in [4.69, 9.17) is 10.0 Å². The van der Waals surface area contributed by atoms with Gasteiger partial charge < -0.3 is 4.52 Å². The van der Waals surface area contributed by atoms with Gasteiger partial charge in [0, 0.05) is 12.1 Å². The zero-order chi connectivity index (χ0) is 12.1. The summed E-state index contributed by atoms with van der Waals surface area (Å²) in [5.74, 6) is 0. The van der Waals surface area contributed by atoms with Crippen LogP contribution in [0, 0.1) is 0 Å². The minimum Gasteiger partial charge on any atom is -0.328 e. The third-order valence-corrected chi connectivity index (χ3v) is 4.99. The summed E-state index contributed by atoms with van der Waals surface area (Å²) in [6.07, 6.45) is 6.76. The fourth-order valence-corrected chi connectivity index (χ4v) is 3.96. The van der Waals surface area contributed by atoms with Gasteiger partial charge in [-0.1, -0.05) is 19.3 Å². The Morgan fingerprint density at radius 1 is 1.06 bits per heavy atom. The summed E-state index contributed by atoms with van der Waals surface area (Å²) in [7, 11) is -0.912. The van der Waals surface area contributed by atoms with E-state index in [9.17, 15) is 0 Å². The quantitative estimate of drug-likeness (QED) is 0.753. The zero-order valence-corrected chi connectivity index (χ0v) is 12.0. The third kappa shape index (κ3) is 4.29. The van der Waals surface area contributed by atoms with Gasteiger partial charge >= 0.3 is 0 Å². The van der Waals surface area contributed by atoms with Crippen LogP contribution in [0.15, 0.2) is 0 Å². The molecule has 0 radical (unpaired) electrons. The highest BCUT2D eigenvalue weighted by Crippen LogP contribution is 2.40.